The fraction of sp³-hybridized carbons (Fsp3) is 0.286. The third-order valence-corrected chi connectivity index (χ3v) is 5.95. The molecule has 0 aromatic heterocycles. The van der Waals surface area contributed by atoms with Gasteiger partial charge in [-0.25, -0.2) is 0 Å². The van der Waals surface area contributed by atoms with Crippen LogP contribution in [0.1, 0.15) is 35.9 Å². The number of nitrogens with zero attached hydrogens (tertiary/aromatic N) is 2. The molecule has 1 aliphatic heterocycles. The van der Waals surface area contributed by atoms with Gasteiger partial charge < -0.3 is 24.4 Å². The van der Waals surface area contributed by atoms with Gasteiger partial charge in [-0.15, -0.1) is 0 Å². The molecule has 2 amide bonds. The Balaban J connectivity index is 1.75. The molecule has 188 valence electrons. The molecule has 1 heterocycles. The van der Waals surface area contributed by atoms with Crippen LogP contribution in [0.2, 0.25) is 0 Å². The first-order valence-electron chi connectivity index (χ1n) is 11.8. The summed E-state index contributed by atoms with van der Waals surface area (Å²) >= 11 is 0. The molecule has 3 aromatic rings. The lowest BCUT2D eigenvalue weighted by atomic mass is 10.0. The molecule has 0 aliphatic carbocycles. The molecule has 0 radical (unpaired) electrons. The summed E-state index contributed by atoms with van der Waals surface area (Å²) in [5.41, 5.74) is 2.86. The highest BCUT2D eigenvalue weighted by atomic mass is 16.5. The van der Waals surface area contributed by atoms with Gasteiger partial charge in [0.15, 0.2) is 17.6 Å². The predicted molar refractivity (Wildman–Crippen MR) is 139 cm³/mol. The summed E-state index contributed by atoms with van der Waals surface area (Å²) in [5, 5.41) is 3.50. The molecule has 8 heteroatoms. The molecule has 4 rings (SSSR count). The molecule has 0 unspecified atom stereocenters. The Hall–Kier alpha value is -4.20. The molecule has 0 saturated carbocycles. The Morgan fingerprint density at radius 2 is 1.78 bits per heavy atom. The fourth-order valence-electron chi connectivity index (χ4n) is 4.16. The van der Waals surface area contributed by atoms with Crippen molar-refractivity contribution in [3.8, 4) is 17.2 Å². The Kier molecular flexibility index (Phi) is 7.33. The molecule has 1 N–H and O–H groups in total. The molecule has 0 spiro atoms. The number of ether oxygens (including phenoxy) is 3. The lowest BCUT2D eigenvalue weighted by Crippen LogP contribution is -2.43. The third kappa shape index (κ3) is 4.93. The normalized spacial score (nSPS) is 15.4. The van der Waals surface area contributed by atoms with E-state index in [2.05, 4.69) is 5.32 Å². The SMILES string of the molecule is CCOc1cc([C@@H]2Nc3ccccc3C(=O)N2c2ccc(OC)cc2)ccc1O[C@@H](C)C(=O)N(C)C. The minimum atomic E-state index is -0.679. The van der Waals surface area contributed by atoms with Crippen LogP contribution in [0.5, 0.6) is 17.2 Å². The molecule has 3 aromatic carbocycles. The average Bonchev–Trinajstić information content (AvgIpc) is 2.89. The van der Waals surface area contributed by atoms with Crippen LogP contribution in [0.15, 0.2) is 66.7 Å². The second-order valence-corrected chi connectivity index (χ2v) is 8.60. The highest BCUT2D eigenvalue weighted by Gasteiger charge is 2.34. The van der Waals surface area contributed by atoms with Crippen LogP contribution in [-0.4, -0.2) is 50.6 Å². The Labute approximate surface area is 211 Å². The maximum Gasteiger partial charge on any atom is 0.262 e. The Bertz CT molecular complexity index is 1240. The van der Waals surface area contributed by atoms with Gasteiger partial charge in [0.05, 0.1) is 19.3 Å². The maximum absolute atomic E-state index is 13.7. The number of likely N-dealkylation sites (N-methyl/N-ethyl adjacent to an activating group) is 1. The molecule has 2 atom stereocenters. The predicted octanol–water partition coefficient (Wildman–Crippen LogP) is 4.72. The van der Waals surface area contributed by atoms with Gasteiger partial charge in [0, 0.05) is 25.5 Å². The lowest BCUT2D eigenvalue weighted by Gasteiger charge is -2.38. The summed E-state index contributed by atoms with van der Waals surface area (Å²) in [6, 6.07) is 20.3. The number of carbonyl (C=O) groups is 2. The fourth-order valence-corrected chi connectivity index (χ4v) is 4.16. The van der Waals surface area contributed by atoms with E-state index in [1.807, 2.05) is 67.6 Å². The first-order chi connectivity index (χ1) is 17.3. The van der Waals surface area contributed by atoms with Gasteiger partial charge in [0.1, 0.15) is 11.9 Å². The van der Waals surface area contributed by atoms with Crippen molar-refractivity contribution in [1.29, 1.82) is 0 Å². The number of benzene rings is 3. The van der Waals surface area contributed by atoms with Crippen molar-refractivity contribution in [2.75, 3.05) is 38.0 Å². The van der Waals surface area contributed by atoms with Gasteiger partial charge in [0.2, 0.25) is 0 Å². The minimum absolute atomic E-state index is 0.122. The Morgan fingerprint density at radius 1 is 1.06 bits per heavy atom. The quantitative estimate of drug-likeness (QED) is 0.493. The second kappa shape index (κ2) is 10.6. The number of para-hydroxylation sites is 1. The summed E-state index contributed by atoms with van der Waals surface area (Å²) in [5.74, 6) is 1.39. The van der Waals surface area contributed by atoms with E-state index in [1.165, 1.54) is 4.90 Å². The third-order valence-electron chi connectivity index (χ3n) is 5.95. The van der Waals surface area contributed by atoms with Crippen molar-refractivity contribution < 1.29 is 23.8 Å². The summed E-state index contributed by atoms with van der Waals surface area (Å²) < 4.78 is 17.1. The molecule has 8 nitrogen and oxygen atoms in total. The number of methoxy groups -OCH3 is 1. The van der Waals surface area contributed by atoms with Crippen LogP contribution in [0.3, 0.4) is 0 Å². The maximum atomic E-state index is 13.7. The number of fused-ring (bicyclic) bond motifs is 1. The monoisotopic (exact) mass is 489 g/mol. The first-order valence-corrected chi connectivity index (χ1v) is 11.8. The van der Waals surface area contributed by atoms with E-state index < -0.39 is 12.3 Å². The average molecular weight is 490 g/mol. The van der Waals surface area contributed by atoms with Crippen LogP contribution in [0.25, 0.3) is 0 Å². The number of carbonyl (C=O) groups excluding carboxylic acids is 2. The number of nitrogens with one attached hydrogen (secondary N) is 1. The van der Waals surface area contributed by atoms with Crippen molar-refractivity contribution in [3.63, 3.8) is 0 Å². The van der Waals surface area contributed by atoms with Gasteiger partial charge >= 0.3 is 0 Å². The molecule has 36 heavy (non-hydrogen) atoms. The van der Waals surface area contributed by atoms with Crippen LogP contribution in [0.4, 0.5) is 11.4 Å². The smallest absolute Gasteiger partial charge is 0.262 e. The van der Waals surface area contributed by atoms with Crippen LogP contribution < -0.4 is 24.4 Å². The Morgan fingerprint density at radius 3 is 2.44 bits per heavy atom. The number of rotatable bonds is 8. The highest BCUT2D eigenvalue weighted by molar-refractivity contribution is 6.12. The lowest BCUT2D eigenvalue weighted by molar-refractivity contribution is -0.135. The van der Waals surface area contributed by atoms with Crippen LogP contribution in [-0.2, 0) is 4.79 Å². The topological polar surface area (TPSA) is 80.3 Å². The van der Waals surface area contributed by atoms with Crippen molar-refractivity contribution >= 4 is 23.2 Å². The number of hydrogen-bond acceptors (Lipinski definition) is 6. The number of hydrogen-bond donors (Lipinski definition) is 1. The van der Waals surface area contributed by atoms with Gasteiger partial charge in [-0.2, -0.15) is 0 Å². The summed E-state index contributed by atoms with van der Waals surface area (Å²) in [6.45, 7) is 4.00. The van der Waals surface area contributed by atoms with Gasteiger partial charge in [-0.3, -0.25) is 14.5 Å². The van der Waals surface area contributed by atoms with Gasteiger partial charge in [-0.05, 0) is 67.9 Å². The van der Waals surface area contributed by atoms with E-state index in [-0.39, 0.29) is 11.8 Å². The summed E-state index contributed by atoms with van der Waals surface area (Å²) in [4.78, 5) is 29.2. The van der Waals surface area contributed by atoms with Crippen molar-refractivity contribution in [1.82, 2.24) is 4.90 Å². The molecule has 1 aliphatic rings. The van der Waals surface area contributed by atoms with E-state index in [4.69, 9.17) is 14.2 Å². The van der Waals surface area contributed by atoms with Gasteiger partial charge in [0.25, 0.3) is 11.8 Å². The second-order valence-electron chi connectivity index (χ2n) is 8.60. The summed E-state index contributed by atoms with van der Waals surface area (Å²) in [7, 11) is 4.98. The number of amides is 2. The van der Waals surface area contributed by atoms with E-state index in [0.29, 0.717) is 29.4 Å². The van der Waals surface area contributed by atoms with Crippen molar-refractivity contribution in [2.24, 2.45) is 0 Å². The van der Waals surface area contributed by atoms with Crippen molar-refractivity contribution in [2.45, 2.75) is 26.1 Å². The minimum Gasteiger partial charge on any atom is -0.497 e. The molecule has 0 bridgehead atoms. The number of anilines is 2. The van der Waals surface area contributed by atoms with E-state index in [9.17, 15) is 9.59 Å². The first kappa shape index (κ1) is 24.9. The zero-order chi connectivity index (χ0) is 25.8. The zero-order valence-electron chi connectivity index (χ0n) is 21.1. The van der Waals surface area contributed by atoms with Crippen LogP contribution >= 0.6 is 0 Å². The molecular formula is C28H31N3O5. The van der Waals surface area contributed by atoms with Gasteiger partial charge in [-0.1, -0.05) is 18.2 Å². The van der Waals surface area contributed by atoms with E-state index in [1.54, 1.807) is 39.1 Å². The van der Waals surface area contributed by atoms with Crippen LogP contribution in [0, 0.1) is 0 Å². The standard InChI is InChI=1S/C28H31N3O5/c1-6-35-25-17-19(11-16-24(25)36-18(2)27(32)30(3)4)26-29-23-10-8-7-9-22(23)28(33)31(26)20-12-14-21(34-5)15-13-20/h7-18,26,29H,6H2,1-5H3/t18-,26+/m0/s1. The largest absolute Gasteiger partial charge is 0.497 e. The molecule has 0 fully saturated rings. The molecular weight excluding hydrogens is 458 g/mol. The van der Waals surface area contributed by atoms with Crippen molar-refractivity contribution in [3.05, 3.63) is 77.9 Å². The zero-order valence-corrected chi connectivity index (χ0v) is 21.1. The van der Waals surface area contributed by atoms with E-state index in [0.717, 1.165) is 16.9 Å². The summed E-state index contributed by atoms with van der Waals surface area (Å²) in [6.07, 6.45) is -1.18. The highest BCUT2D eigenvalue weighted by Crippen LogP contribution is 2.40. The van der Waals surface area contributed by atoms with E-state index >= 15 is 0 Å². The molecule has 0 saturated heterocycles.